The van der Waals surface area contributed by atoms with Crippen LogP contribution >= 0.6 is 27.5 Å². The first-order valence-electron chi connectivity index (χ1n) is 7.82. The zero-order valence-electron chi connectivity index (χ0n) is 13.2. The molecule has 2 aromatic rings. The molecule has 6 heteroatoms. The van der Waals surface area contributed by atoms with Gasteiger partial charge in [0.15, 0.2) is 0 Å². The van der Waals surface area contributed by atoms with Gasteiger partial charge in [-0.25, -0.2) is 13.6 Å². The average Bonchev–Trinajstić information content (AvgIpc) is 3.20. The molecule has 0 radical (unpaired) electrons. The van der Waals surface area contributed by atoms with Crippen LogP contribution in [-0.2, 0) is 10.0 Å². The molecule has 128 valence electrons. The van der Waals surface area contributed by atoms with E-state index in [0.29, 0.717) is 5.02 Å². The van der Waals surface area contributed by atoms with E-state index >= 15 is 0 Å². The first kappa shape index (κ1) is 17.0. The molecule has 2 aliphatic carbocycles. The Morgan fingerprint density at radius 3 is 2.04 bits per heavy atom. The van der Waals surface area contributed by atoms with Crippen molar-refractivity contribution in [1.29, 1.82) is 0 Å². The van der Waals surface area contributed by atoms with Crippen molar-refractivity contribution in [3.63, 3.8) is 0 Å². The summed E-state index contributed by atoms with van der Waals surface area (Å²) in [5, 5.41) is 5.86. The summed E-state index contributed by atoms with van der Waals surface area (Å²) in [7, 11) is -3.68. The number of hydrogen-bond donors (Lipinski definition) is 1. The van der Waals surface area contributed by atoms with Crippen LogP contribution in [0.1, 0.15) is 24.0 Å². The number of nitrogens with two attached hydrogens (primary N) is 1. The topological polar surface area (TPSA) is 60.2 Å². The van der Waals surface area contributed by atoms with E-state index in [1.165, 1.54) is 0 Å². The summed E-state index contributed by atoms with van der Waals surface area (Å²) in [5.41, 5.74) is 4.48. The van der Waals surface area contributed by atoms with Crippen molar-refractivity contribution in [3.05, 3.63) is 75.2 Å². The largest absolute Gasteiger partial charge is 0.238 e. The highest BCUT2D eigenvalue weighted by atomic mass is 79.9. The molecule has 4 rings (SSSR count). The fourth-order valence-electron chi connectivity index (χ4n) is 3.17. The molecule has 0 amide bonds. The molecule has 0 atom stereocenters. The molecule has 0 aromatic heterocycles. The van der Waals surface area contributed by atoms with Gasteiger partial charge >= 0.3 is 0 Å². The Bertz CT molecular complexity index is 1040. The number of benzene rings is 2. The first-order chi connectivity index (χ1) is 11.8. The highest BCUT2D eigenvalue weighted by Crippen LogP contribution is 2.57. The molecule has 2 aliphatic rings. The maximum absolute atomic E-state index is 11.5. The summed E-state index contributed by atoms with van der Waals surface area (Å²) in [6, 6.07) is 12.6. The SMILES string of the molecule is NS(=O)(=O)c1ccc(C2=CC3(C=C2c2ccc(Cl)c(Br)c2)CC3)cc1. The van der Waals surface area contributed by atoms with E-state index in [1.54, 1.807) is 12.1 Å². The smallest absolute Gasteiger partial charge is 0.225 e. The van der Waals surface area contributed by atoms with Crippen LogP contribution in [-0.4, -0.2) is 8.42 Å². The fourth-order valence-corrected chi connectivity index (χ4v) is 4.18. The normalized spacial score (nSPS) is 18.2. The molecule has 2 N–H and O–H groups in total. The predicted octanol–water partition coefficient (Wildman–Crippen LogP) is 5.01. The lowest BCUT2D eigenvalue weighted by atomic mass is 9.95. The molecule has 0 heterocycles. The minimum Gasteiger partial charge on any atom is -0.225 e. The molecular weight excluding hydrogens is 422 g/mol. The average molecular weight is 437 g/mol. The van der Waals surface area contributed by atoms with E-state index in [0.717, 1.165) is 39.6 Å². The number of hydrogen-bond acceptors (Lipinski definition) is 2. The summed E-state index contributed by atoms with van der Waals surface area (Å²) in [6.07, 6.45) is 6.89. The van der Waals surface area contributed by atoms with E-state index in [-0.39, 0.29) is 10.3 Å². The Morgan fingerprint density at radius 2 is 1.52 bits per heavy atom. The number of halogens is 2. The lowest BCUT2D eigenvalue weighted by Gasteiger charge is -2.11. The number of rotatable bonds is 3. The van der Waals surface area contributed by atoms with Crippen molar-refractivity contribution in [3.8, 4) is 0 Å². The van der Waals surface area contributed by atoms with Crippen molar-refractivity contribution < 1.29 is 8.42 Å². The zero-order valence-corrected chi connectivity index (χ0v) is 16.3. The van der Waals surface area contributed by atoms with E-state index in [4.69, 9.17) is 16.7 Å². The highest BCUT2D eigenvalue weighted by Gasteiger charge is 2.43. The third-order valence-electron chi connectivity index (χ3n) is 4.71. The molecule has 0 unspecified atom stereocenters. The van der Waals surface area contributed by atoms with E-state index in [1.807, 2.05) is 30.3 Å². The van der Waals surface area contributed by atoms with Crippen LogP contribution in [0.5, 0.6) is 0 Å². The van der Waals surface area contributed by atoms with Gasteiger partial charge in [0.2, 0.25) is 10.0 Å². The van der Waals surface area contributed by atoms with Crippen molar-refractivity contribution >= 4 is 48.7 Å². The van der Waals surface area contributed by atoms with Gasteiger partial charge in [-0.15, -0.1) is 0 Å². The quantitative estimate of drug-likeness (QED) is 0.735. The second kappa shape index (κ2) is 5.81. The van der Waals surface area contributed by atoms with Gasteiger partial charge in [0, 0.05) is 9.89 Å². The summed E-state index contributed by atoms with van der Waals surface area (Å²) >= 11 is 9.61. The van der Waals surface area contributed by atoms with Crippen LogP contribution in [0.4, 0.5) is 0 Å². The second-order valence-corrected chi connectivity index (χ2v) is 9.37. The van der Waals surface area contributed by atoms with Gasteiger partial charge in [0.05, 0.1) is 9.92 Å². The van der Waals surface area contributed by atoms with Gasteiger partial charge in [-0.05, 0) is 75.3 Å². The Hall–Kier alpha value is -1.40. The predicted molar refractivity (Wildman–Crippen MR) is 105 cm³/mol. The van der Waals surface area contributed by atoms with Crippen molar-refractivity contribution in [2.24, 2.45) is 10.6 Å². The number of sulfonamides is 1. The maximum atomic E-state index is 11.5. The third kappa shape index (κ3) is 3.22. The van der Waals surface area contributed by atoms with Crippen molar-refractivity contribution in [1.82, 2.24) is 0 Å². The lowest BCUT2D eigenvalue weighted by Crippen LogP contribution is -2.11. The van der Waals surface area contributed by atoms with Gasteiger partial charge in [0.25, 0.3) is 0 Å². The molecule has 1 spiro atoms. The molecule has 1 fully saturated rings. The molecule has 2 aromatic carbocycles. The fraction of sp³-hybridized carbons (Fsp3) is 0.158. The Morgan fingerprint density at radius 1 is 0.960 bits per heavy atom. The minimum absolute atomic E-state index is 0.121. The Kier molecular flexibility index (Phi) is 3.96. The molecule has 0 bridgehead atoms. The van der Waals surface area contributed by atoms with Crippen LogP contribution in [0.15, 0.2) is 64.0 Å². The van der Waals surface area contributed by atoms with Crippen LogP contribution in [0.3, 0.4) is 0 Å². The maximum Gasteiger partial charge on any atom is 0.238 e. The molecule has 25 heavy (non-hydrogen) atoms. The summed E-state index contributed by atoms with van der Waals surface area (Å²) in [4.78, 5) is 0.121. The second-order valence-electron chi connectivity index (χ2n) is 6.55. The Balaban J connectivity index is 1.78. The summed E-state index contributed by atoms with van der Waals surface area (Å²) < 4.78 is 23.8. The highest BCUT2D eigenvalue weighted by molar-refractivity contribution is 9.10. The van der Waals surface area contributed by atoms with Crippen LogP contribution in [0.2, 0.25) is 5.02 Å². The number of primary sulfonamides is 1. The minimum atomic E-state index is -3.68. The van der Waals surface area contributed by atoms with E-state index < -0.39 is 10.0 Å². The molecule has 0 aliphatic heterocycles. The lowest BCUT2D eigenvalue weighted by molar-refractivity contribution is 0.598. The summed E-state index contributed by atoms with van der Waals surface area (Å²) in [6.45, 7) is 0. The van der Waals surface area contributed by atoms with Gasteiger partial charge in [0.1, 0.15) is 0 Å². The molecule has 0 saturated heterocycles. The van der Waals surface area contributed by atoms with Gasteiger partial charge < -0.3 is 0 Å². The standard InChI is InChI=1S/C19H15BrClNO2S/c20-17-9-13(3-6-18(17)21)16-11-19(7-8-19)10-15(16)12-1-4-14(5-2-12)25(22,23)24/h1-6,9-11H,7-8H2,(H2,22,23,24). The van der Waals surface area contributed by atoms with Crippen molar-refractivity contribution in [2.75, 3.05) is 0 Å². The monoisotopic (exact) mass is 435 g/mol. The van der Waals surface area contributed by atoms with Crippen LogP contribution in [0, 0.1) is 5.41 Å². The summed E-state index contributed by atoms with van der Waals surface area (Å²) in [5.74, 6) is 0. The third-order valence-corrected chi connectivity index (χ3v) is 6.85. The Labute approximate surface area is 160 Å². The van der Waals surface area contributed by atoms with Gasteiger partial charge in [-0.2, -0.15) is 0 Å². The van der Waals surface area contributed by atoms with Gasteiger partial charge in [-0.1, -0.05) is 42.0 Å². The zero-order chi connectivity index (χ0) is 17.8. The molecule has 1 saturated carbocycles. The van der Waals surface area contributed by atoms with E-state index in [9.17, 15) is 8.42 Å². The van der Waals surface area contributed by atoms with Crippen LogP contribution in [0.25, 0.3) is 11.1 Å². The van der Waals surface area contributed by atoms with E-state index in [2.05, 4.69) is 28.1 Å². The number of allylic oxidation sites excluding steroid dienone is 4. The molecular formula is C19H15BrClNO2S. The van der Waals surface area contributed by atoms with Crippen molar-refractivity contribution in [2.45, 2.75) is 17.7 Å². The first-order valence-corrected chi connectivity index (χ1v) is 10.5. The van der Waals surface area contributed by atoms with Crippen LogP contribution < -0.4 is 5.14 Å². The van der Waals surface area contributed by atoms with Gasteiger partial charge in [-0.3, -0.25) is 0 Å². The molecule has 3 nitrogen and oxygen atoms in total.